The molecule has 2 rings (SSSR count). The minimum absolute atomic E-state index is 0.172. The number of hydrogen-bond acceptors (Lipinski definition) is 4. The normalized spacial score (nSPS) is 10.3. The molecular formula is C15H16Cl2N4O. The summed E-state index contributed by atoms with van der Waals surface area (Å²) in [7, 11) is 0. The van der Waals surface area contributed by atoms with Crippen LogP contribution in [0.15, 0.2) is 30.6 Å². The largest absolute Gasteiger partial charge is 0.352 e. The number of halogens is 2. The SMILES string of the molecule is CCCCNC(=O)c1cnc(Nc2ccc(Cl)c(Cl)c2)nc1. The molecule has 0 unspecified atom stereocenters. The molecule has 0 bridgehead atoms. The van der Waals surface area contributed by atoms with E-state index in [4.69, 9.17) is 23.2 Å². The van der Waals surface area contributed by atoms with E-state index < -0.39 is 0 Å². The van der Waals surface area contributed by atoms with E-state index in [-0.39, 0.29) is 5.91 Å². The molecule has 0 aliphatic heterocycles. The molecule has 1 amide bonds. The third-order valence-electron chi connectivity index (χ3n) is 2.91. The zero-order valence-corrected chi connectivity index (χ0v) is 13.6. The summed E-state index contributed by atoms with van der Waals surface area (Å²) >= 11 is 11.8. The number of aromatic nitrogens is 2. The van der Waals surface area contributed by atoms with E-state index in [0.29, 0.717) is 28.1 Å². The van der Waals surface area contributed by atoms with Crippen molar-refractivity contribution >= 4 is 40.7 Å². The molecule has 1 aromatic heterocycles. The van der Waals surface area contributed by atoms with Gasteiger partial charge in [-0.1, -0.05) is 36.5 Å². The Morgan fingerprint density at radius 3 is 2.55 bits per heavy atom. The molecule has 0 spiro atoms. The Morgan fingerprint density at radius 1 is 1.18 bits per heavy atom. The van der Waals surface area contributed by atoms with Gasteiger partial charge in [-0.05, 0) is 24.6 Å². The van der Waals surface area contributed by atoms with Gasteiger partial charge in [0.2, 0.25) is 5.95 Å². The average molecular weight is 339 g/mol. The minimum atomic E-state index is -0.172. The molecule has 0 atom stereocenters. The molecule has 2 N–H and O–H groups in total. The smallest absolute Gasteiger partial charge is 0.254 e. The maximum absolute atomic E-state index is 11.8. The number of unbranched alkanes of at least 4 members (excludes halogenated alkanes) is 1. The summed E-state index contributed by atoms with van der Waals surface area (Å²) in [6.07, 6.45) is 4.94. The van der Waals surface area contributed by atoms with Gasteiger partial charge in [-0.15, -0.1) is 0 Å². The van der Waals surface area contributed by atoms with E-state index in [9.17, 15) is 4.79 Å². The molecule has 1 aromatic carbocycles. The molecule has 0 radical (unpaired) electrons. The molecule has 2 aromatic rings. The van der Waals surface area contributed by atoms with Gasteiger partial charge in [0.15, 0.2) is 0 Å². The highest BCUT2D eigenvalue weighted by molar-refractivity contribution is 6.42. The highest BCUT2D eigenvalue weighted by Gasteiger charge is 2.07. The summed E-state index contributed by atoms with van der Waals surface area (Å²) in [5.41, 5.74) is 1.14. The van der Waals surface area contributed by atoms with Crippen molar-refractivity contribution in [1.29, 1.82) is 0 Å². The van der Waals surface area contributed by atoms with Gasteiger partial charge in [-0.25, -0.2) is 9.97 Å². The maximum Gasteiger partial charge on any atom is 0.254 e. The van der Waals surface area contributed by atoms with Crippen molar-refractivity contribution in [3.8, 4) is 0 Å². The first kappa shape index (κ1) is 16.5. The molecule has 0 fully saturated rings. The first-order valence-electron chi connectivity index (χ1n) is 6.92. The lowest BCUT2D eigenvalue weighted by molar-refractivity contribution is 0.0952. The van der Waals surface area contributed by atoms with Gasteiger partial charge in [0, 0.05) is 24.6 Å². The second kappa shape index (κ2) is 7.96. The van der Waals surface area contributed by atoms with E-state index in [2.05, 4.69) is 27.5 Å². The number of amides is 1. The van der Waals surface area contributed by atoms with Crippen molar-refractivity contribution in [2.45, 2.75) is 19.8 Å². The van der Waals surface area contributed by atoms with Crippen molar-refractivity contribution in [3.05, 3.63) is 46.2 Å². The summed E-state index contributed by atoms with van der Waals surface area (Å²) in [5.74, 6) is 0.207. The van der Waals surface area contributed by atoms with Gasteiger partial charge in [0.05, 0.1) is 15.6 Å². The zero-order chi connectivity index (χ0) is 15.9. The van der Waals surface area contributed by atoms with Crippen molar-refractivity contribution in [2.24, 2.45) is 0 Å². The molecule has 0 saturated carbocycles. The van der Waals surface area contributed by atoms with Crippen LogP contribution in [0.25, 0.3) is 0 Å². The highest BCUT2D eigenvalue weighted by atomic mass is 35.5. The van der Waals surface area contributed by atoms with Crippen LogP contribution in [0, 0.1) is 0 Å². The fraction of sp³-hybridized carbons (Fsp3) is 0.267. The zero-order valence-electron chi connectivity index (χ0n) is 12.1. The lowest BCUT2D eigenvalue weighted by Crippen LogP contribution is -2.24. The Hall–Kier alpha value is -1.85. The molecule has 0 aliphatic rings. The third kappa shape index (κ3) is 4.58. The van der Waals surface area contributed by atoms with Crippen molar-refractivity contribution < 1.29 is 4.79 Å². The van der Waals surface area contributed by atoms with Crippen molar-refractivity contribution in [2.75, 3.05) is 11.9 Å². The quantitative estimate of drug-likeness (QED) is 0.779. The van der Waals surface area contributed by atoms with Gasteiger partial charge < -0.3 is 10.6 Å². The number of nitrogens with zero attached hydrogens (tertiary/aromatic N) is 2. The second-order valence-electron chi connectivity index (χ2n) is 4.66. The van der Waals surface area contributed by atoms with E-state index in [0.717, 1.165) is 18.5 Å². The summed E-state index contributed by atoms with van der Waals surface area (Å²) in [6, 6.07) is 5.13. The predicted molar refractivity (Wildman–Crippen MR) is 89.0 cm³/mol. The first-order chi connectivity index (χ1) is 10.6. The number of hydrogen-bond donors (Lipinski definition) is 2. The molecule has 0 saturated heterocycles. The van der Waals surface area contributed by atoms with Crippen LogP contribution in [0.4, 0.5) is 11.6 Å². The van der Waals surface area contributed by atoms with E-state index in [1.807, 2.05) is 0 Å². The van der Waals surface area contributed by atoms with Crippen LogP contribution in [-0.4, -0.2) is 22.4 Å². The van der Waals surface area contributed by atoms with Crippen LogP contribution >= 0.6 is 23.2 Å². The maximum atomic E-state index is 11.8. The van der Waals surface area contributed by atoms with Gasteiger partial charge >= 0.3 is 0 Å². The Morgan fingerprint density at radius 2 is 1.91 bits per heavy atom. The van der Waals surface area contributed by atoms with E-state index >= 15 is 0 Å². The average Bonchev–Trinajstić information content (AvgIpc) is 2.52. The van der Waals surface area contributed by atoms with Crippen LogP contribution < -0.4 is 10.6 Å². The Balaban J connectivity index is 1.99. The molecule has 0 aliphatic carbocycles. The Kier molecular flexibility index (Phi) is 5.98. The topological polar surface area (TPSA) is 66.9 Å². The lowest BCUT2D eigenvalue weighted by Gasteiger charge is -2.07. The molecular weight excluding hydrogens is 323 g/mol. The van der Waals surface area contributed by atoms with Crippen molar-refractivity contribution in [3.63, 3.8) is 0 Å². The van der Waals surface area contributed by atoms with Crippen molar-refractivity contribution in [1.82, 2.24) is 15.3 Å². The Bertz CT molecular complexity index is 646. The number of carbonyl (C=O) groups is 1. The highest BCUT2D eigenvalue weighted by Crippen LogP contribution is 2.26. The van der Waals surface area contributed by atoms with Crippen LogP contribution in [-0.2, 0) is 0 Å². The third-order valence-corrected chi connectivity index (χ3v) is 3.64. The summed E-state index contributed by atoms with van der Waals surface area (Å²) in [5, 5.41) is 6.73. The first-order valence-corrected chi connectivity index (χ1v) is 7.68. The van der Waals surface area contributed by atoms with Crippen LogP contribution in [0.5, 0.6) is 0 Å². The molecule has 116 valence electrons. The fourth-order valence-corrected chi connectivity index (χ4v) is 1.99. The molecule has 7 heteroatoms. The van der Waals surface area contributed by atoms with E-state index in [1.165, 1.54) is 12.4 Å². The molecule has 5 nitrogen and oxygen atoms in total. The monoisotopic (exact) mass is 338 g/mol. The van der Waals surface area contributed by atoms with Crippen LogP contribution in [0.1, 0.15) is 30.1 Å². The van der Waals surface area contributed by atoms with Gasteiger partial charge in [0.25, 0.3) is 5.91 Å². The number of rotatable bonds is 6. The minimum Gasteiger partial charge on any atom is -0.352 e. The van der Waals surface area contributed by atoms with Crippen LogP contribution in [0.2, 0.25) is 10.0 Å². The van der Waals surface area contributed by atoms with Gasteiger partial charge in [-0.2, -0.15) is 0 Å². The second-order valence-corrected chi connectivity index (χ2v) is 5.47. The number of anilines is 2. The number of carbonyl (C=O) groups excluding carboxylic acids is 1. The van der Waals surface area contributed by atoms with E-state index in [1.54, 1.807) is 18.2 Å². The molecule has 1 heterocycles. The fourth-order valence-electron chi connectivity index (χ4n) is 1.69. The summed E-state index contributed by atoms with van der Waals surface area (Å²) in [4.78, 5) is 20.1. The number of nitrogens with one attached hydrogen (secondary N) is 2. The van der Waals surface area contributed by atoms with Crippen LogP contribution in [0.3, 0.4) is 0 Å². The van der Waals surface area contributed by atoms with Gasteiger partial charge in [-0.3, -0.25) is 4.79 Å². The number of benzene rings is 1. The van der Waals surface area contributed by atoms with Gasteiger partial charge in [0.1, 0.15) is 0 Å². The lowest BCUT2D eigenvalue weighted by atomic mass is 10.3. The summed E-state index contributed by atoms with van der Waals surface area (Å²) in [6.45, 7) is 2.72. The molecule has 22 heavy (non-hydrogen) atoms. The Labute approximate surface area is 139 Å². The predicted octanol–water partition coefficient (Wildman–Crippen LogP) is 4.06. The standard InChI is InChI=1S/C15H16Cl2N4O/c1-2-3-6-18-14(22)10-8-19-15(20-9-10)21-11-4-5-12(16)13(17)7-11/h4-5,7-9H,2-3,6H2,1H3,(H,18,22)(H,19,20,21). The summed E-state index contributed by atoms with van der Waals surface area (Å²) < 4.78 is 0.